The molecule has 32 heavy (non-hydrogen) atoms. The van der Waals surface area contributed by atoms with E-state index < -0.39 is 0 Å². The predicted molar refractivity (Wildman–Crippen MR) is 123 cm³/mol. The van der Waals surface area contributed by atoms with E-state index in [0.717, 1.165) is 10.9 Å². The first-order valence-electron chi connectivity index (χ1n) is 10.1. The maximum Gasteiger partial charge on any atom is 0.232 e. The van der Waals surface area contributed by atoms with Gasteiger partial charge in [0.15, 0.2) is 5.76 Å². The van der Waals surface area contributed by atoms with Gasteiger partial charge in [-0.05, 0) is 48.9 Å². The van der Waals surface area contributed by atoms with Gasteiger partial charge >= 0.3 is 0 Å². The minimum atomic E-state index is -0.302. The molecule has 0 saturated carbocycles. The normalized spacial score (nSPS) is 10.7. The van der Waals surface area contributed by atoms with Gasteiger partial charge in [-0.1, -0.05) is 30.3 Å². The third-order valence-corrected chi connectivity index (χ3v) is 5.28. The number of ether oxygens (including phenoxy) is 2. The summed E-state index contributed by atoms with van der Waals surface area (Å²) in [4.78, 5) is 25.7. The van der Waals surface area contributed by atoms with Crippen molar-refractivity contribution in [1.29, 1.82) is 0 Å². The van der Waals surface area contributed by atoms with Gasteiger partial charge in [0.2, 0.25) is 11.7 Å². The molecule has 6 heteroatoms. The van der Waals surface area contributed by atoms with Crippen LogP contribution >= 0.6 is 0 Å². The van der Waals surface area contributed by atoms with E-state index in [1.807, 2.05) is 43.3 Å². The zero-order valence-corrected chi connectivity index (χ0v) is 18.1. The van der Waals surface area contributed by atoms with Gasteiger partial charge in [0.05, 0.1) is 26.2 Å². The monoisotopic (exact) mass is 429 g/mol. The Morgan fingerprint density at radius 1 is 0.938 bits per heavy atom. The number of carbonyl (C=O) groups is 2. The maximum absolute atomic E-state index is 13.3. The second kappa shape index (κ2) is 8.98. The molecule has 0 saturated heterocycles. The Kier molecular flexibility index (Phi) is 5.94. The number of ketones is 1. The smallest absolute Gasteiger partial charge is 0.232 e. The van der Waals surface area contributed by atoms with Crippen LogP contribution in [0.2, 0.25) is 0 Å². The summed E-state index contributed by atoms with van der Waals surface area (Å²) in [5.41, 5.74) is 3.18. The number of amides is 1. The molecule has 0 aliphatic heterocycles. The van der Waals surface area contributed by atoms with Crippen LogP contribution in [0.5, 0.6) is 11.5 Å². The summed E-state index contributed by atoms with van der Waals surface area (Å²) >= 11 is 0. The van der Waals surface area contributed by atoms with Crippen molar-refractivity contribution in [1.82, 2.24) is 0 Å². The molecule has 1 heterocycles. The number of aryl methyl sites for hydroxylation is 1. The van der Waals surface area contributed by atoms with Gasteiger partial charge in [0.25, 0.3) is 0 Å². The molecule has 6 nitrogen and oxygen atoms in total. The molecule has 0 aliphatic carbocycles. The minimum absolute atomic E-state index is 0.117. The van der Waals surface area contributed by atoms with Crippen LogP contribution in [-0.2, 0) is 11.2 Å². The van der Waals surface area contributed by atoms with Crippen LogP contribution < -0.4 is 14.8 Å². The van der Waals surface area contributed by atoms with Crippen LogP contribution in [0.15, 0.2) is 71.1 Å². The number of hydrogen-bond donors (Lipinski definition) is 1. The molecule has 162 valence electrons. The standard InChI is InChI=1S/C26H23NO5/c1-16-20-14-18(27-24(28)13-17-7-5-4-6-8-17)9-11-23(20)32-26(16)25(29)21-15-19(30-2)10-12-22(21)31-3/h4-12,14-15H,13H2,1-3H3,(H,27,28). The Hall–Kier alpha value is -4.06. The van der Waals surface area contributed by atoms with Gasteiger partial charge in [0.1, 0.15) is 17.1 Å². The Labute approximate surface area is 185 Å². The fourth-order valence-corrected chi connectivity index (χ4v) is 3.62. The summed E-state index contributed by atoms with van der Waals surface area (Å²) in [6, 6.07) is 19.9. The first kappa shape index (κ1) is 21.2. The van der Waals surface area contributed by atoms with Crippen molar-refractivity contribution < 1.29 is 23.5 Å². The zero-order valence-electron chi connectivity index (χ0n) is 18.1. The highest BCUT2D eigenvalue weighted by Gasteiger charge is 2.23. The lowest BCUT2D eigenvalue weighted by Gasteiger charge is -2.09. The molecule has 1 N–H and O–H groups in total. The molecule has 3 aromatic carbocycles. The van der Waals surface area contributed by atoms with E-state index in [1.165, 1.54) is 14.2 Å². The molecular weight excluding hydrogens is 406 g/mol. The molecule has 0 aliphatic rings. The summed E-state index contributed by atoms with van der Waals surface area (Å²) in [6.07, 6.45) is 0.280. The van der Waals surface area contributed by atoms with E-state index in [1.54, 1.807) is 30.3 Å². The molecule has 4 aromatic rings. The average Bonchev–Trinajstić information content (AvgIpc) is 3.14. The lowest BCUT2D eigenvalue weighted by Crippen LogP contribution is -2.14. The fourth-order valence-electron chi connectivity index (χ4n) is 3.62. The van der Waals surface area contributed by atoms with Crippen molar-refractivity contribution in [3.05, 3.63) is 89.2 Å². The summed E-state index contributed by atoms with van der Waals surface area (Å²) < 4.78 is 16.5. The lowest BCUT2D eigenvalue weighted by molar-refractivity contribution is -0.115. The van der Waals surface area contributed by atoms with Gasteiger partial charge in [-0.25, -0.2) is 0 Å². The predicted octanol–water partition coefficient (Wildman–Crippen LogP) is 5.17. The van der Waals surface area contributed by atoms with Gasteiger partial charge in [0, 0.05) is 16.6 Å². The topological polar surface area (TPSA) is 77.8 Å². The molecule has 0 fully saturated rings. The Balaban J connectivity index is 1.62. The summed E-state index contributed by atoms with van der Waals surface area (Å²) in [5.74, 6) is 0.786. The first-order chi connectivity index (χ1) is 15.5. The molecule has 1 aromatic heterocycles. The van der Waals surface area contributed by atoms with Gasteiger partial charge in [-0.15, -0.1) is 0 Å². The molecule has 0 atom stereocenters. The Bertz CT molecular complexity index is 1290. The summed E-state index contributed by atoms with van der Waals surface area (Å²) in [5, 5.41) is 3.67. The van der Waals surface area contributed by atoms with E-state index in [-0.39, 0.29) is 23.9 Å². The van der Waals surface area contributed by atoms with E-state index in [2.05, 4.69) is 5.32 Å². The number of methoxy groups -OCH3 is 2. The van der Waals surface area contributed by atoms with E-state index in [0.29, 0.717) is 33.9 Å². The first-order valence-corrected chi connectivity index (χ1v) is 10.1. The number of fused-ring (bicyclic) bond motifs is 1. The molecule has 0 spiro atoms. The number of anilines is 1. The largest absolute Gasteiger partial charge is 0.497 e. The van der Waals surface area contributed by atoms with Gasteiger partial charge < -0.3 is 19.2 Å². The Morgan fingerprint density at radius 3 is 2.44 bits per heavy atom. The lowest BCUT2D eigenvalue weighted by atomic mass is 10.0. The molecule has 0 bridgehead atoms. The van der Waals surface area contributed by atoms with E-state index in [4.69, 9.17) is 13.9 Å². The van der Waals surface area contributed by atoms with Gasteiger partial charge in [-0.3, -0.25) is 9.59 Å². The molecular formula is C26H23NO5. The van der Waals surface area contributed by atoms with Crippen molar-refractivity contribution in [3.8, 4) is 11.5 Å². The summed E-state index contributed by atoms with van der Waals surface area (Å²) in [7, 11) is 3.05. The highest BCUT2D eigenvalue weighted by atomic mass is 16.5. The molecule has 0 radical (unpaired) electrons. The number of nitrogens with one attached hydrogen (secondary N) is 1. The van der Waals surface area contributed by atoms with Crippen molar-refractivity contribution in [2.45, 2.75) is 13.3 Å². The van der Waals surface area contributed by atoms with Crippen LogP contribution in [0.4, 0.5) is 5.69 Å². The number of furan rings is 1. The highest BCUT2D eigenvalue weighted by Crippen LogP contribution is 2.32. The summed E-state index contributed by atoms with van der Waals surface area (Å²) in [6.45, 7) is 1.82. The third kappa shape index (κ3) is 4.21. The second-order valence-electron chi connectivity index (χ2n) is 7.37. The minimum Gasteiger partial charge on any atom is -0.497 e. The molecule has 0 unspecified atom stereocenters. The van der Waals surface area contributed by atoms with Crippen molar-refractivity contribution in [3.63, 3.8) is 0 Å². The number of rotatable bonds is 7. The van der Waals surface area contributed by atoms with Crippen molar-refractivity contribution >= 4 is 28.3 Å². The Morgan fingerprint density at radius 2 is 1.72 bits per heavy atom. The van der Waals surface area contributed by atoms with E-state index in [9.17, 15) is 9.59 Å². The number of hydrogen-bond acceptors (Lipinski definition) is 5. The third-order valence-electron chi connectivity index (χ3n) is 5.28. The highest BCUT2D eigenvalue weighted by molar-refractivity contribution is 6.12. The number of carbonyl (C=O) groups excluding carboxylic acids is 2. The van der Waals surface area contributed by atoms with Crippen LogP contribution in [0.25, 0.3) is 11.0 Å². The second-order valence-corrected chi connectivity index (χ2v) is 7.37. The van der Waals surface area contributed by atoms with Crippen molar-refractivity contribution in [2.24, 2.45) is 0 Å². The van der Waals surface area contributed by atoms with Crippen LogP contribution in [0.3, 0.4) is 0 Å². The van der Waals surface area contributed by atoms with Gasteiger partial charge in [-0.2, -0.15) is 0 Å². The van der Waals surface area contributed by atoms with E-state index >= 15 is 0 Å². The van der Waals surface area contributed by atoms with Crippen LogP contribution in [0, 0.1) is 6.92 Å². The quantitative estimate of drug-likeness (QED) is 0.410. The van der Waals surface area contributed by atoms with Crippen LogP contribution in [-0.4, -0.2) is 25.9 Å². The average molecular weight is 429 g/mol. The zero-order chi connectivity index (χ0) is 22.7. The molecule has 4 rings (SSSR count). The maximum atomic E-state index is 13.3. The van der Waals surface area contributed by atoms with Crippen molar-refractivity contribution in [2.75, 3.05) is 19.5 Å². The fraction of sp³-hybridized carbons (Fsp3) is 0.154. The SMILES string of the molecule is COc1ccc(OC)c(C(=O)c2oc3ccc(NC(=O)Cc4ccccc4)cc3c2C)c1. The molecule has 1 amide bonds. The number of benzene rings is 3. The van der Waals surface area contributed by atoms with Crippen LogP contribution in [0.1, 0.15) is 27.2 Å².